The largest absolute Gasteiger partial charge is 0.444 e. The highest BCUT2D eigenvalue weighted by Gasteiger charge is 2.64. The molecule has 8 nitrogen and oxygen atoms in total. The lowest BCUT2D eigenvalue weighted by Gasteiger charge is -2.41. The van der Waals surface area contributed by atoms with Gasteiger partial charge < -0.3 is 14.2 Å². The van der Waals surface area contributed by atoms with E-state index in [4.69, 9.17) is 14.2 Å². The van der Waals surface area contributed by atoms with Crippen LogP contribution in [-0.4, -0.2) is 52.7 Å². The van der Waals surface area contributed by atoms with Crippen molar-refractivity contribution in [3.63, 3.8) is 0 Å². The maximum Gasteiger partial charge on any atom is 0.410 e. The molecule has 0 spiro atoms. The van der Waals surface area contributed by atoms with Crippen molar-refractivity contribution in [1.29, 1.82) is 0 Å². The van der Waals surface area contributed by atoms with E-state index in [-0.39, 0.29) is 24.4 Å². The second-order valence-corrected chi connectivity index (χ2v) is 10.6. The highest BCUT2D eigenvalue weighted by Crippen LogP contribution is 2.61. The molecule has 2 heterocycles. The van der Waals surface area contributed by atoms with Gasteiger partial charge in [-0.1, -0.05) is 0 Å². The molecule has 1 aromatic rings. The van der Waals surface area contributed by atoms with Gasteiger partial charge >= 0.3 is 18.0 Å². The summed E-state index contributed by atoms with van der Waals surface area (Å²) < 4.78 is 44.2. The van der Waals surface area contributed by atoms with Crippen LogP contribution in [0.1, 0.15) is 53.0 Å². The van der Waals surface area contributed by atoms with Crippen LogP contribution in [-0.2, 0) is 34.0 Å². The average molecular weight is 479 g/mol. The number of amides is 1. The van der Waals surface area contributed by atoms with Gasteiger partial charge in [0.1, 0.15) is 17.2 Å². The summed E-state index contributed by atoms with van der Waals surface area (Å²) in [5.41, 5.74) is -1.68. The number of Topliss-reactive ketones (excluding diaryl/α,β-unsaturated/α-hetero) is 1. The SMILES string of the molecule is CC(C)(C)OC(=O)N1C[C@]2(c3cc(F)ccc3F)CC2C[C@@H]1C(=O)C1C(=O)OC(C)(C)OC1=O. The summed E-state index contributed by atoms with van der Waals surface area (Å²) in [5, 5.41) is 0. The molecule has 0 radical (unpaired) electrons. The van der Waals surface area contributed by atoms with Gasteiger partial charge in [0.25, 0.3) is 5.79 Å². The number of fused-ring (bicyclic) bond motifs is 1. The number of piperidine rings is 1. The van der Waals surface area contributed by atoms with Crippen molar-refractivity contribution in [2.75, 3.05) is 6.54 Å². The third-order valence-electron chi connectivity index (χ3n) is 6.44. The molecule has 4 rings (SSSR count). The van der Waals surface area contributed by atoms with E-state index < -0.39 is 64.2 Å². The van der Waals surface area contributed by atoms with Gasteiger partial charge in [-0.05, 0) is 63.3 Å². The van der Waals surface area contributed by atoms with Crippen LogP contribution in [0.15, 0.2) is 18.2 Å². The number of carbonyl (C=O) groups excluding carboxylic acids is 4. The van der Waals surface area contributed by atoms with Crippen molar-refractivity contribution in [2.45, 2.75) is 70.3 Å². The molecule has 1 aliphatic carbocycles. The number of carbonyl (C=O) groups is 4. The van der Waals surface area contributed by atoms with Gasteiger partial charge in [-0.25, -0.2) is 13.6 Å². The molecule has 0 N–H and O–H groups in total. The Labute approximate surface area is 195 Å². The van der Waals surface area contributed by atoms with Crippen molar-refractivity contribution in [3.8, 4) is 0 Å². The molecule has 1 aromatic carbocycles. The number of likely N-dealkylation sites (tertiary alicyclic amines) is 1. The van der Waals surface area contributed by atoms with Gasteiger partial charge in [0, 0.05) is 25.8 Å². The van der Waals surface area contributed by atoms with E-state index in [1.165, 1.54) is 13.8 Å². The predicted octanol–water partition coefficient (Wildman–Crippen LogP) is 3.25. The molecule has 0 bridgehead atoms. The molecule has 10 heteroatoms. The smallest absolute Gasteiger partial charge is 0.410 e. The number of cyclic esters (lactones) is 2. The predicted molar refractivity (Wildman–Crippen MR) is 112 cm³/mol. The Hall–Kier alpha value is -3.04. The molecule has 34 heavy (non-hydrogen) atoms. The Morgan fingerprint density at radius 2 is 1.74 bits per heavy atom. The number of esters is 2. The number of rotatable bonds is 3. The highest BCUT2D eigenvalue weighted by molar-refractivity contribution is 6.17. The van der Waals surface area contributed by atoms with Gasteiger partial charge in [-0.3, -0.25) is 19.3 Å². The van der Waals surface area contributed by atoms with E-state index in [0.717, 1.165) is 23.1 Å². The first-order valence-corrected chi connectivity index (χ1v) is 11.1. The van der Waals surface area contributed by atoms with Crippen LogP contribution >= 0.6 is 0 Å². The second-order valence-electron chi connectivity index (χ2n) is 10.6. The zero-order chi connectivity index (χ0) is 25.2. The van der Waals surface area contributed by atoms with Crippen LogP contribution in [0.25, 0.3) is 0 Å². The molecule has 1 amide bonds. The van der Waals surface area contributed by atoms with E-state index in [1.807, 2.05) is 0 Å². The third-order valence-corrected chi connectivity index (χ3v) is 6.44. The summed E-state index contributed by atoms with van der Waals surface area (Å²) in [6.45, 7) is 7.53. The quantitative estimate of drug-likeness (QED) is 0.485. The number of ether oxygens (including phenoxy) is 3. The lowest BCUT2D eigenvalue weighted by atomic mass is 9.82. The van der Waals surface area contributed by atoms with Gasteiger partial charge in [0.2, 0.25) is 5.92 Å². The summed E-state index contributed by atoms with van der Waals surface area (Å²) in [5.74, 6) is -7.81. The molecule has 2 aliphatic heterocycles. The van der Waals surface area contributed by atoms with E-state index in [1.54, 1.807) is 20.8 Å². The minimum absolute atomic E-state index is 0.0501. The molecule has 184 valence electrons. The minimum atomic E-state index is -1.85. The third kappa shape index (κ3) is 4.25. The molecule has 1 unspecified atom stereocenters. The van der Waals surface area contributed by atoms with Crippen molar-refractivity contribution >= 4 is 23.8 Å². The number of nitrogens with zero attached hydrogens (tertiary/aromatic N) is 1. The zero-order valence-corrected chi connectivity index (χ0v) is 19.6. The van der Waals surface area contributed by atoms with E-state index in [2.05, 4.69) is 0 Å². The summed E-state index contributed by atoms with van der Waals surface area (Å²) in [4.78, 5) is 52.6. The molecule has 0 aromatic heterocycles. The molecule has 3 aliphatic rings. The lowest BCUT2D eigenvalue weighted by molar-refractivity contribution is -0.238. The number of hydrogen-bond donors (Lipinski definition) is 0. The van der Waals surface area contributed by atoms with Crippen molar-refractivity contribution in [1.82, 2.24) is 4.90 Å². The first kappa shape index (κ1) is 24.1. The molecule has 3 atom stereocenters. The van der Waals surface area contributed by atoms with Crippen LogP contribution < -0.4 is 0 Å². The topological polar surface area (TPSA) is 99.2 Å². The lowest BCUT2D eigenvalue weighted by Crippen LogP contribution is -2.58. The summed E-state index contributed by atoms with van der Waals surface area (Å²) in [7, 11) is 0. The monoisotopic (exact) mass is 479 g/mol. The summed E-state index contributed by atoms with van der Waals surface area (Å²) >= 11 is 0. The molecule has 3 fully saturated rings. The standard InChI is InChI=1S/C24H27F2NO7/c1-22(2,3)34-21(31)27-11-24(14-9-13(25)6-7-15(14)26)10-12(24)8-16(27)18(28)17-19(29)32-23(4,5)33-20(17)30/h6-7,9,12,16-17H,8,10-11H2,1-5H3/t12?,16-,24-/m1/s1. The first-order valence-electron chi connectivity index (χ1n) is 11.1. The fourth-order valence-electron chi connectivity index (χ4n) is 4.91. The Kier molecular flexibility index (Phi) is 5.49. The number of hydrogen-bond acceptors (Lipinski definition) is 7. The van der Waals surface area contributed by atoms with Crippen LogP contribution in [0, 0.1) is 23.5 Å². The minimum Gasteiger partial charge on any atom is -0.444 e. The molecule has 1 saturated carbocycles. The van der Waals surface area contributed by atoms with E-state index >= 15 is 0 Å². The maximum atomic E-state index is 14.7. The summed E-state index contributed by atoms with van der Waals surface area (Å²) in [6.07, 6.45) is -0.400. The van der Waals surface area contributed by atoms with Crippen LogP contribution in [0.5, 0.6) is 0 Å². The van der Waals surface area contributed by atoms with E-state index in [0.29, 0.717) is 6.42 Å². The van der Waals surface area contributed by atoms with Crippen molar-refractivity contribution < 1.29 is 42.2 Å². The van der Waals surface area contributed by atoms with Crippen LogP contribution in [0.2, 0.25) is 0 Å². The van der Waals surface area contributed by atoms with Gasteiger partial charge in [0.15, 0.2) is 5.78 Å². The fraction of sp³-hybridized carbons (Fsp3) is 0.583. The summed E-state index contributed by atoms with van der Waals surface area (Å²) in [6, 6.07) is 1.94. The van der Waals surface area contributed by atoms with Gasteiger partial charge in [-0.15, -0.1) is 0 Å². The van der Waals surface area contributed by atoms with Crippen molar-refractivity contribution in [3.05, 3.63) is 35.4 Å². The highest BCUT2D eigenvalue weighted by atomic mass is 19.1. The normalized spacial score (nSPS) is 28.5. The fourth-order valence-corrected chi connectivity index (χ4v) is 4.91. The second kappa shape index (κ2) is 7.74. The number of ketones is 1. The van der Waals surface area contributed by atoms with E-state index in [9.17, 15) is 28.0 Å². The number of benzene rings is 1. The Balaban J connectivity index is 1.67. The Bertz CT molecular complexity index is 1060. The van der Waals surface area contributed by atoms with Crippen LogP contribution in [0.4, 0.5) is 13.6 Å². The first-order chi connectivity index (χ1) is 15.6. The average Bonchev–Trinajstić information content (AvgIpc) is 3.40. The Morgan fingerprint density at radius 1 is 1.12 bits per heavy atom. The number of halogens is 2. The zero-order valence-electron chi connectivity index (χ0n) is 19.6. The maximum absolute atomic E-state index is 14.7. The van der Waals surface area contributed by atoms with Gasteiger partial charge in [0.05, 0.1) is 6.04 Å². The van der Waals surface area contributed by atoms with Gasteiger partial charge in [-0.2, -0.15) is 0 Å². The Morgan fingerprint density at radius 3 is 2.32 bits per heavy atom. The van der Waals surface area contributed by atoms with Crippen LogP contribution in [0.3, 0.4) is 0 Å². The molecular formula is C24H27F2NO7. The molecular weight excluding hydrogens is 452 g/mol. The van der Waals surface area contributed by atoms with Crippen molar-refractivity contribution in [2.24, 2.45) is 11.8 Å². The molecule has 2 saturated heterocycles.